The molecule has 2 rings (SSSR count). The average Bonchev–Trinajstić information content (AvgIpc) is 2.76. The fourth-order valence-electron chi connectivity index (χ4n) is 3.09. The van der Waals surface area contributed by atoms with Gasteiger partial charge in [0.1, 0.15) is 11.8 Å². The molecule has 0 aliphatic carbocycles. The fraction of sp³-hybridized carbons (Fsp3) is 0.417. The van der Waals surface area contributed by atoms with Crippen molar-refractivity contribution >= 4 is 11.8 Å². The number of nitrogens with zero attached hydrogens (tertiary/aromatic N) is 1. The quantitative estimate of drug-likeness (QED) is 0.585. The van der Waals surface area contributed by atoms with Gasteiger partial charge in [-0.3, -0.25) is 9.59 Å². The summed E-state index contributed by atoms with van der Waals surface area (Å²) in [7, 11) is 1.62. The first-order valence-corrected chi connectivity index (χ1v) is 10.3. The number of amides is 2. The summed E-state index contributed by atoms with van der Waals surface area (Å²) in [5.41, 5.74) is 2.08. The molecule has 1 N–H and O–H groups in total. The third kappa shape index (κ3) is 7.26. The van der Waals surface area contributed by atoms with E-state index >= 15 is 0 Å². The van der Waals surface area contributed by atoms with Crippen molar-refractivity contribution in [1.29, 1.82) is 0 Å². The first-order chi connectivity index (χ1) is 14.0. The Morgan fingerprint density at radius 1 is 1.03 bits per heavy atom. The Hall–Kier alpha value is -2.82. The number of hydrogen-bond acceptors (Lipinski definition) is 3. The van der Waals surface area contributed by atoms with Gasteiger partial charge in [0.05, 0.1) is 7.11 Å². The Morgan fingerprint density at radius 3 is 2.34 bits per heavy atom. The topological polar surface area (TPSA) is 58.6 Å². The molecule has 1 atom stereocenters. The lowest BCUT2D eigenvalue weighted by atomic mass is 10.1. The minimum Gasteiger partial charge on any atom is -0.497 e. The zero-order valence-corrected chi connectivity index (χ0v) is 17.7. The molecule has 0 radical (unpaired) electrons. The van der Waals surface area contributed by atoms with E-state index in [1.54, 1.807) is 18.9 Å². The molecule has 0 aliphatic rings. The van der Waals surface area contributed by atoms with Crippen LogP contribution >= 0.6 is 0 Å². The molecule has 29 heavy (non-hydrogen) atoms. The SMILES string of the molecule is CCCCNC(=O)C(C)N(Cc1ccc(OC)cc1)C(=O)CCc1ccccc1. The molecule has 1 unspecified atom stereocenters. The lowest BCUT2D eigenvalue weighted by Gasteiger charge is -2.29. The van der Waals surface area contributed by atoms with Gasteiger partial charge in [-0.2, -0.15) is 0 Å². The molecule has 0 saturated carbocycles. The van der Waals surface area contributed by atoms with Gasteiger partial charge in [-0.15, -0.1) is 0 Å². The lowest BCUT2D eigenvalue weighted by Crippen LogP contribution is -2.47. The number of rotatable bonds is 11. The molecule has 5 nitrogen and oxygen atoms in total. The van der Waals surface area contributed by atoms with E-state index in [9.17, 15) is 9.59 Å². The number of aryl methyl sites for hydroxylation is 1. The second kappa shape index (κ2) is 11.9. The zero-order valence-electron chi connectivity index (χ0n) is 17.7. The molecular formula is C24H32N2O3. The molecular weight excluding hydrogens is 364 g/mol. The van der Waals surface area contributed by atoms with Crippen LogP contribution in [0.25, 0.3) is 0 Å². The van der Waals surface area contributed by atoms with Crippen molar-refractivity contribution in [3.05, 3.63) is 65.7 Å². The Bertz CT molecular complexity index is 759. The maximum absolute atomic E-state index is 13.0. The van der Waals surface area contributed by atoms with Crippen molar-refractivity contribution in [2.75, 3.05) is 13.7 Å². The number of carbonyl (C=O) groups is 2. The van der Waals surface area contributed by atoms with Gasteiger partial charge in [-0.05, 0) is 43.0 Å². The lowest BCUT2D eigenvalue weighted by molar-refractivity contribution is -0.140. The zero-order chi connectivity index (χ0) is 21.1. The monoisotopic (exact) mass is 396 g/mol. The molecule has 2 aromatic rings. The standard InChI is InChI=1S/C24H32N2O3/c1-4-5-17-25-24(28)19(2)26(18-21-11-14-22(29-3)15-12-21)23(27)16-13-20-9-7-6-8-10-20/h6-12,14-15,19H,4-5,13,16-18H2,1-3H3,(H,25,28). The molecule has 0 saturated heterocycles. The molecule has 0 bridgehead atoms. The molecule has 2 amide bonds. The van der Waals surface area contributed by atoms with E-state index in [1.165, 1.54) is 0 Å². The van der Waals surface area contributed by atoms with Crippen LogP contribution in [-0.2, 0) is 22.6 Å². The summed E-state index contributed by atoms with van der Waals surface area (Å²) < 4.78 is 5.21. The molecule has 5 heteroatoms. The first kappa shape index (κ1) is 22.5. The first-order valence-electron chi connectivity index (χ1n) is 10.3. The fourth-order valence-corrected chi connectivity index (χ4v) is 3.09. The number of carbonyl (C=O) groups excluding carboxylic acids is 2. The van der Waals surface area contributed by atoms with E-state index in [0.29, 0.717) is 25.9 Å². The average molecular weight is 397 g/mol. The van der Waals surface area contributed by atoms with Crippen LogP contribution in [0.2, 0.25) is 0 Å². The maximum atomic E-state index is 13.0. The summed E-state index contributed by atoms with van der Waals surface area (Å²) in [6, 6.07) is 17.0. The molecule has 0 fully saturated rings. The Kier molecular flexibility index (Phi) is 9.22. The van der Waals surface area contributed by atoms with E-state index in [1.807, 2.05) is 54.6 Å². The van der Waals surface area contributed by atoms with Crippen LogP contribution in [0.1, 0.15) is 44.2 Å². The van der Waals surface area contributed by atoms with Crippen molar-refractivity contribution in [3.63, 3.8) is 0 Å². The van der Waals surface area contributed by atoms with Gasteiger partial charge in [0.15, 0.2) is 0 Å². The van der Waals surface area contributed by atoms with Crippen molar-refractivity contribution < 1.29 is 14.3 Å². The van der Waals surface area contributed by atoms with E-state index in [4.69, 9.17) is 4.74 Å². The van der Waals surface area contributed by atoms with Crippen LogP contribution in [0.5, 0.6) is 5.75 Å². The predicted molar refractivity (Wildman–Crippen MR) is 116 cm³/mol. The molecule has 0 spiro atoms. The molecule has 0 aliphatic heterocycles. The summed E-state index contributed by atoms with van der Waals surface area (Å²) in [4.78, 5) is 27.3. The minimum absolute atomic E-state index is 0.0252. The van der Waals surface area contributed by atoms with Crippen LogP contribution < -0.4 is 10.1 Å². The summed E-state index contributed by atoms with van der Waals surface area (Å²) in [6.45, 7) is 4.90. The van der Waals surface area contributed by atoms with E-state index < -0.39 is 6.04 Å². The minimum atomic E-state index is -0.530. The van der Waals surface area contributed by atoms with Crippen LogP contribution in [0, 0.1) is 0 Å². The van der Waals surface area contributed by atoms with E-state index in [0.717, 1.165) is 29.7 Å². The molecule has 156 valence electrons. The number of ether oxygens (including phenoxy) is 1. The highest BCUT2D eigenvalue weighted by Crippen LogP contribution is 2.16. The van der Waals surface area contributed by atoms with Gasteiger partial charge in [-0.25, -0.2) is 0 Å². The highest BCUT2D eigenvalue weighted by atomic mass is 16.5. The van der Waals surface area contributed by atoms with Gasteiger partial charge in [0.2, 0.25) is 11.8 Å². The van der Waals surface area contributed by atoms with Gasteiger partial charge >= 0.3 is 0 Å². The maximum Gasteiger partial charge on any atom is 0.242 e. The third-order valence-corrected chi connectivity index (χ3v) is 4.98. The highest BCUT2D eigenvalue weighted by Gasteiger charge is 2.25. The Morgan fingerprint density at radius 2 is 1.72 bits per heavy atom. The van der Waals surface area contributed by atoms with E-state index in [2.05, 4.69) is 12.2 Å². The van der Waals surface area contributed by atoms with Crippen LogP contribution in [0.4, 0.5) is 0 Å². The smallest absolute Gasteiger partial charge is 0.242 e. The normalized spacial score (nSPS) is 11.6. The number of unbranched alkanes of at least 4 members (excludes halogenated alkanes) is 1. The summed E-state index contributed by atoms with van der Waals surface area (Å²) >= 11 is 0. The number of hydrogen-bond donors (Lipinski definition) is 1. The molecule has 0 aromatic heterocycles. The van der Waals surface area contributed by atoms with Crippen molar-refractivity contribution in [3.8, 4) is 5.75 Å². The molecule has 0 heterocycles. The predicted octanol–water partition coefficient (Wildman–Crippen LogP) is 3.96. The van der Waals surface area contributed by atoms with Gasteiger partial charge in [0, 0.05) is 19.5 Å². The van der Waals surface area contributed by atoms with E-state index in [-0.39, 0.29) is 11.8 Å². The Balaban J connectivity index is 2.09. The van der Waals surface area contributed by atoms with Crippen molar-refractivity contribution in [1.82, 2.24) is 10.2 Å². The third-order valence-electron chi connectivity index (χ3n) is 4.98. The largest absolute Gasteiger partial charge is 0.497 e. The number of methoxy groups -OCH3 is 1. The van der Waals surface area contributed by atoms with Crippen LogP contribution in [0.15, 0.2) is 54.6 Å². The second-order valence-corrected chi connectivity index (χ2v) is 7.18. The Labute approximate surface area is 174 Å². The summed E-state index contributed by atoms with van der Waals surface area (Å²) in [6.07, 6.45) is 2.97. The van der Waals surface area contributed by atoms with Crippen molar-refractivity contribution in [2.45, 2.75) is 52.1 Å². The highest BCUT2D eigenvalue weighted by molar-refractivity contribution is 5.87. The van der Waals surface area contributed by atoms with Gasteiger partial charge in [0.25, 0.3) is 0 Å². The molecule has 2 aromatic carbocycles. The second-order valence-electron chi connectivity index (χ2n) is 7.18. The van der Waals surface area contributed by atoms with Crippen LogP contribution in [0.3, 0.4) is 0 Å². The van der Waals surface area contributed by atoms with Crippen molar-refractivity contribution in [2.24, 2.45) is 0 Å². The number of nitrogens with one attached hydrogen (secondary N) is 1. The van der Waals surface area contributed by atoms with Gasteiger partial charge in [-0.1, -0.05) is 55.8 Å². The summed E-state index contributed by atoms with van der Waals surface area (Å²) in [5.74, 6) is 0.629. The summed E-state index contributed by atoms with van der Waals surface area (Å²) in [5, 5.41) is 2.94. The van der Waals surface area contributed by atoms with Gasteiger partial charge < -0.3 is 15.0 Å². The number of benzene rings is 2. The van der Waals surface area contributed by atoms with Crippen LogP contribution in [-0.4, -0.2) is 36.4 Å².